The van der Waals surface area contributed by atoms with Crippen LogP contribution in [0.2, 0.25) is 0 Å². The van der Waals surface area contributed by atoms with Crippen molar-refractivity contribution in [1.29, 1.82) is 0 Å². The van der Waals surface area contributed by atoms with Gasteiger partial charge in [0.2, 0.25) is 0 Å². The van der Waals surface area contributed by atoms with Crippen LogP contribution in [0.5, 0.6) is 0 Å². The number of rotatable bonds is 1. The fraction of sp³-hybridized carbons (Fsp3) is 0.333. The maximum absolute atomic E-state index is 2.37. The van der Waals surface area contributed by atoms with E-state index in [1.807, 2.05) is 11.3 Å². The number of likely N-dealkylation sites (tertiary alicyclic amines) is 1. The van der Waals surface area contributed by atoms with Crippen molar-refractivity contribution in [2.24, 2.45) is 0 Å². The number of hydrogen-bond donors (Lipinski definition) is 0. The molecular formula is C12H13NS. The quantitative estimate of drug-likeness (QED) is 0.689. The van der Waals surface area contributed by atoms with E-state index in [9.17, 15) is 0 Å². The zero-order chi connectivity index (χ0) is 9.54. The Balaban J connectivity index is 2.05. The summed E-state index contributed by atoms with van der Waals surface area (Å²) in [5, 5.41) is 3.80. The third-order valence-electron chi connectivity index (χ3n) is 3.01. The molecule has 1 nitrogen and oxygen atoms in total. The third kappa shape index (κ3) is 1.18. The van der Waals surface area contributed by atoms with Crippen LogP contribution in [0.4, 0.5) is 0 Å². The Hall–Kier alpha value is -0.860. The van der Waals surface area contributed by atoms with Gasteiger partial charge in [0.25, 0.3) is 0 Å². The highest BCUT2D eigenvalue weighted by atomic mass is 32.1. The van der Waals surface area contributed by atoms with Gasteiger partial charge >= 0.3 is 0 Å². The van der Waals surface area contributed by atoms with Gasteiger partial charge in [-0.25, -0.2) is 0 Å². The lowest BCUT2D eigenvalue weighted by molar-refractivity contribution is 0.191. The summed E-state index contributed by atoms with van der Waals surface area (Å²) in [4.78, 5) is 2.37. The Morgan fingerprint density at radius 2 is 2.07 bits per heavy atom. The van der Waals surface area contributed by atoms with E-state index in [0.29, 0.717) is 0 Å². The molecule has 3 rings (SSSR count). The highest BCUT2D eigenvalue weighted by Gasteiger charge is 2.26. The Morgan fingerprint density at radius 1 is 1.29 bits per heavy atom. The lowest BCUT2D eigenvalue weighted by Gasteiger charge is -2.36. The number of fused-ring (bicyclic) bond motifs is 1. The Morgan fingerprint density at radius 3 is 2.86 bits per heavy atom. The Kier molecular flexibility index (Phi) is 1.85. The van der Waals surface area contributed by atoms with Crippen LogP contribution >= 0.6 is 11.3 Å². The first-order chi connectivity index (χ1) is 6.84. The summed E-state index contributed by atoms with van der Waals surface area (Å²) in [5.41, 5.74) is 1.56. The molecule has 2 heterocycles. The van der Waals surface area contributed by atoms with Crippen LogP contribution < -0.4 is 0 Å². The first kappa shape index (κ1) is 8.45. The fourth-order valence-electron chi connectivity index (χ4n) is 2.21. The molecule has 2 aromatic rings. The molecule has 1 aromatic carbocycles. The van der Waals surface area contributed by atoms with Crippen molar-refractivity contribution in [2.75, 3.05) is 20.1 Å². The lowest BCUT2D eigenvalue weighted by atomic mass is 9.92. The molecule has 14 heavy (non-hydrogen) atoms. The minimum atomic E-state index is 0.774. The summed E-state index contributed by atoms with van der Waals surface area (Å²) >= 11 is 1.87. The van der Waals surface area contributed by atoms with E-state index in [0.717, 1.165) is 5.92 Å². The SMILES string of the molecule is CN1CC(c2csc3ccccc23)C1. The van der Waals surface area contributed by atoms with Crippen LogP contribution in [0, 0.1) is 0 Å². The molecule has 0 aliphatic carbocycles. The summed E-state index contributed by atoms with van der Waals surface area (Å²) in [6, 6.07) is 8.72. The number of hydrogen-bond acceptors (Lipinski definition) is 2. The summed E-state index contributed by atoms with van der Waals surface area (Å²) in [5.74, 6) is 0.774. The van der Waals surface area contributed by atoms with Crippen molar-refractivity contribution in [1.82, 2.24) is 4.90 Å². The zero-order valence-electron chi connectivity index (χ0n) is 8.23. The average molecular weight is 203 g/mol. The van der Waals surface area contributed by atoms with Gasteiger partial charge < -0.3 is 4.90 Å². The second kappa shape index (κ2) is 3.07. The Labute approximate surface area is 88.0 Å². The van der Waals surface area contributed by atoms with Crippen LogP contribution in [0.1, 0.15) is 11.5 Å². The lowest BCUT2D eigenvalue weighted by Crippen LogP contribution is -2.41. The number of thiophene rings is 1. The van der Waals surface area contributed by atoms with E-state index in [2.05, 4.69) is 41.6 Å². The molecule has 1 saturated heterocycles. The third-order valence-corrected chi connectivity index (χ3v) is 4.00. The molecule has 0 saturated carbocycles. The molecule has 1 aromatic heterocycles. The molecule has 1 aliphatic heterocycles. The van der Waals surface area contributed by atoms with Crippen molar-refractivity contribution in [3.63, 3.8) is 0 Å². The normalized spacial score (nSPS) is 18.6. The number of nitrogens with zero attached hydrogens (tertiary/aromatic N) is 1. The van der Waals surface area contributed by atoms with E-state index < -0.39 is 0 Å². The van der Waals surface area contributed by atoms with E-state index in [4.69, 9.17) is 0 Å². The standard InChI is InChI=1S/C12H13NS/c1-13-6-9(7-13)11-8-14-12-5-3-2-4-10(11)12/h2-5,8-9H,6-7H2,1H3. The molecule has 0 bridgehead atoms. The van der Waals surface area contributed by atoms with E-state index in [1.54, 1.807) is 5.56 Å². The van der Waals surface area contributed by atoms with Gasteiger partial charge in [-0.1, -0.05) is 18.2 Å². The smallest absolute Gasteiger partial charge is 0.0345 e. The van der Waals surface area contributed by atoms with Gasteiger partial charge in [-0.2, -0.15) is 0 Å². The molecule has 0 N–H and O–H groups in total. The van der Waals surface area contributed by atoms with Crippen LogP contribution in [-0.2, 0) is 0 Å². The van der Waals surface area contributed by atoms with Gasteiger partial charge in [-0.15, -0.1) is 11.3 Å². The molecule has 72 valence electrons. The fourth-order valence-corrected chi connectivity index (χ4v) is 3.25. The van der Waals surface area contributed by atoms with E-state index in [1.165, 1.54) is 23.2 Å². The van der Waals surface area contributed by atoms with Crippen molar-refractivity contribution < 1.29 is 0 Å². The summed E-state index contributed by atoms with van der Waals surface area (Å²) in [7, 11) is 2.19. The monoisotopic (exact) mass is 203 g/mol. The van der Waals surface area contributed by atoms with Crippen LogP contribution in [0.15, 0.2) is 29.6 Å². The molecule has 0 unspecified atom stereocenters. The molecular weight excluding hydrogens is 190 g/mol. The first-order valence-electron chi connectivity index (χ1n) is 4.99. The van der Waals surface area contributed by atoms with Crippen LogP contribution in [0.25, 0.3) is 10.1 Å². The highest BCUT2D eigenvalue weighted by molar-refractivity contribution is 7.17. The first-order valence-corrected chi connectivity index (χ1v) is 5.87. The van der Waals surface area contributed by atoms with Gasteiger partial charge in [0.15, 0.2) is 0 Å². The molecule has 0 atom stereocenters. The zero-order valence-corrected chi connectivity index (χ0v) is 9.05. The maximum atomic E-state index is 2.37. The van der Waals surface area contributed by atoms with Crippen molar-refractivity contribution in [3.8, 4) is 0 Å². The second-order valence-electron chi connectivity index (χ2n) is 4.11. The molecule has 0 spiro atoms. The second-order valence-corrected chi connectivity index (χ2v) is 5.02. The van der Waals surface area contributed by atoms with E-state index in [-0.39, 0.29) is 0 Å². The average Bonchev–Trinajstić information content (AvgIpc) is 2.56. The van der Waals surface area contributed by atoms with Gasteiger partial charge in [0.05, 0.1) is 0 Å². The highest BCUT2D eigenvalue weighted by Crippen LogP contribution is 2.35. The molecule has 1 fully saturated rings. The largest absolute Gasteiger partial charge is 0.305 e. The van der Waals surface area contributed by atoms with Gasteiger partial charge in [0, 0.05) is 23.7 Å². The van der Waals surface area contributed by atoms with Crippen molar-refractivity contribution in [3.05, 3.63) is 35.2 Å². The van der Waals surface area contributed by atoms with Crippen molar-refractivity contribution in [2.45, 2.75) is 5.92 Å². The number of benzene rings is 1. The molecule has 2 heteroatoms. The van der Waals surface area contributed by atoms with E-state index >= 15 is 0 Å². The van der Waals surface area contributed by atoms with Gasteiger partial charge in [-0.3, -0.25) is 0 Å². The predicted molar refractivity (Wildman–Crippen MR) is 62.1 cm³/mol. The van der Waals surface area contributed by atoms with Gasteiger partial charge in [0.1, 0.15) is 0 Å². The Bertz CT molecular complexity index is 454. The molecule has 0 amide bonds. The van der Waals surface area contributed by atoms with Crippen molar-refractivity contribution >= 4 is 21.4 Å². The predicted octanol–water partition coefficient (Wildman–Crippen LogP) is 2.93. The number of likely N-dealkylation sites (N-methyl/N-ethyl adjacent to an activating group) is 1. The molecule has 0 radical (unpaired) electrons. The van der Waals surface area contributed by atoms with Crippen LogP contribution in [0.3, 0.4) is 0 Å². The topological polar surface area (TPSA) is 3.24 Å². The maximum Gasteiger partial charge on any atom is 0.0345 e. The molecule has 1 aliphatic rings. The summed E-state index contributed by atoms with van der Waals surface area (Å²) < 4.78 is 1.43. The summed E-state index contributed by atoms with van der Waals surface area (Å²) in [6.45, 7) is 2.45. The minimum absolute atomic E-state index is 0.774. The minimum Gasteiger partial charge on any atom is -0.305 e. The summed E-state index contributed by atoms with van der Waals surface area (Å²) in [6.07, 6.45) is 0. The van der Waals surface area contributed by atoms with Gasteiger partial charge in [-0.05, 0) is 29.4 Å². The van der Waals surface area contributed by atoms with Crippen LogP contribution in [-0.4, -0.2) is 25.0 Å².